The standard InChI is InChI=1S/C17H25N7/c1-3-8-18-16-13-19-22-17(21-16)20-14-4-6-15(7-5-14)24-11-9-23(2)10-12-24/h4-7,13H,3,8-12H2,1-2H3,(H2,18,20,21,22). The van der Waals surface area contributed by atoms with Crippen molar-refractivity contribution in [2.45, 2.75) is 13.3 Å². The maximum atomic E-state index is 4.41. The zero-order chi connectivity index (χ0) is 16.8. The van der Waals surface area contributed by atoms with Crippen LogP contribution in [0.5, 0.6) is 0 Å². The second-order valence-corrected chi connectivity index (χ2v) is 6.05. The Kier molecular flexibility index (Phi) is 5.43. The Morgan fingerprint density at radius 1 is 1.08 bits per heavy atom. The molecule has 2 aromatic rings. The van der Waals surface area contributed by atoms with Crippen molar-refractivity contribution < 1.29 is 0 Å². The van der Waals surface area contributed by atoms with Gasteiger partial charge in [0.15, 0.2) is 5.82 Å². The molecule has 1 aliphatic heterocycles. The van der Waals surface area contributed by atoms with Crippen molar-refractivity contribution in [3.05, 3.63) is 30.5 Å². The summed E-state index contributed by atoms with van der Waals surface area (Å²) in [6.07, 6.45) is 2.68. The van der Waals surface area contributed by atoms with E-state index in [0.717, 1.165) is 50.6 Å². The summed E-state index contributed by atoms with van der Waals surface area (Å²) in [6, 6.07) is 8.40. The average Bonchev–Trinajstić information content (AvgIpc) is 2.62. The first-order valence-electron chi connectivity index (χ1n) is 8.49. The highest BCUT2D eigenvalue weighted by atomic mass is 15.3. The van der Waals surface area contributed by atoms with Crippen LogP contribution in [0.3, 0.4) is 0 Å². The first-order chi connectivity index (χ1) is 11.7. The summed E-state index contributed by atoms with van der Waals surface area (Å²) in [5.41, 5.74) is 2.22. The molecular formula is C17H25N7. The van der Waals surface area contributed by atoms with E-state index in [-0.39, 0.29) is 0 Å². The topological polar surface area (TPSA) is 69.2 Å². The minimum Gasteiger partial charge on any atom is -0.369 e. The van der Waals surface area contributed by atoms with Crippen molar-refractivity contribution in [2.24, 2.45) is 0 Å². The predicted molar refractivity (Wildman–Crippen MR) is 98.0 cm³/mol. The van der Waals surface area contributed by atoms with Crippen molar-refractivity contribution in [3.8, 4) is 0 Å². The summed E-state index contributed by atoms with van der Waals surface area (Å²) in [5, 5.41) is 14.4. The van der Waals surface area contributed by atoms with E-state index in [9.17, 15) is 0 Å². The lowest BCUT2D eigenvalue weighted by Gasteiger charge is -2.34. The molecule has 0 saturated carbocycles. The third-order valence-electron chi connectivity index (χ3n) is 4.11. The van der Waals surface area contributed by atoms with Gasteiger partial charge in [-0.2, -0.15) is 10.1 Å². The molecule has 7 heteroatoms. The Morgan fingerprint density at radius 2 is 1.83 bits per heavy atom. The van der Waals surface area contributed by atoms with Gasteiger partial charge in [0.05, 0.1) is 6.20 Å². The predicted octanol–water partition coefficient (Wildman–Crippen LogP) is 2.19. The van der Waals surface area contributed by atoms with Crippen LogP contribution in [0.4, 0.5) is 23.1 Å². The number of aromatic nitrogens is 3. The van der Waals surface area contributed by atoms with Crippen LogP contribution in [-0.2, 0) is 0 Å². The van der Waals surface area contributed by atoms with E-state index in [2.05, 4.69) is 73.9 Å². The first kappa shape index (κ1) is 16.4. The van der Waals surface area contributed by atoms with Gasteiger partial charge in [-0.3, -0.25) is 0 Å². The van der Waals surface area contributed by atoms with E-state index in [1.54, 1.807) is 6.20 Å². The molecule has 3 rings (SSSR count). The molecule has 1 aromatic heterocycles. The Labute approximate surface area is 143 Å². The van der Waals surface area contributed by atoms with Crippen molar-refractivity contribution in [1.82, 2.24) is 20.1 Å². The van der Waals surface area contributed by atoms with Gasteiger partial charge in [0, 0.05) is 44.1 Å². The van der Waals surface area contributed by atoms with Crippen LogP contribution < -0.4 is 15.5 Å². The largest absolute Gasteiger partial charge is 0.369 e. The Hall–Kier alpha value is -2.41. The number of hydrogen-bond donors (Lipinski definition) is 2. The SMILES string of the molecule is CCCNc1cnnc(Nc2ccc(N3CCN(C)CC3)cc2)n1. The summed E-state index contributed by atoms with van der Waals surface area (Å²) in [6.45, 7) is 7.34. The maximum Gasteiger partial charge on any atom is 0.249 e. The molecule has 1 fully saturated rings. The highest BCUT2D eigenvalue weighted by Crippen LogP contribution is 2.21. The number of anilines is 4. The molecule has 0 atom stereocenters. The summed E-state index contributed by atoms with van der Waals surface area (Å²) in [5.74, 6) is 1.24. The van der Waals surface area contributed by atoms with Crippen molar-refractivity contribution in [3.63, 3.8) is 0 Å². The molecule has 0 aliphatic carbocycles. The molecule has 0 amide bonds. The summed E-state index contributed by atoms with van der Waals surface area (Å²) in [7, 11) is 2.17. The molecule has 0 bridgehead atoms. The monoisotopic (exact) mass is 327 g/mol. The van der Waals surface area contributed by atoms with Crippen LogP contribution in [0.2, 0.25) is 0 Å². The van der Waals surface area contributed by atoms with Gasteiger partial charge in [-0.25, -0.2) is 0 Å². The van der Waals surface area contributed by atoms with Crippen LogP contribution in [0, 0.1) is 0 Å². The fraction of sp³-hybridized carbons (Fsp3) is 0.471. The van der Waals surface area contributed by atoms with E-state index in [1.807, 2.05) is 0 Å². The average molecular weight is 327 g/mol. The lowest BCUT2D eigenvalue weighted by atomic mass is 10.2. The summed E-state index contributed by atoms with van der Waals surface area (Å²) < 4.78 is 0. The van der Waals surface area contributed by atoms with Crippen LogP contribution >= 0.6 is 0 Å². The molecule has 128 valence electrons. The minimum atomic E-state index is 0.503. The molecule has 1 aromatic carbocycles. The number of benzene rings is 1. The lowest BCUT2D eigenvalue weighted by molar-refractivity contribution is 0.313. The van der Waals surface area contributed by atoms with Gasteiger partial charge in [-0.05, 0) is 37.7 Å². The smallest absolute Gasteiger partial charge is 0.249 e. The summed E-state index contributed by atoms with van der Waals surface area (Å²) in [4.78, 5) is 9.19. The zero-order valence-electron chi connectivity index (χ0n) is 14.4. The van der Waals surface area contributed by atoms with E-state index >= 15 is 0 Å². The molecule has 0 unspecified atom stereocenters. The van der Waals surface area contributed by atoms with Crippen molar-refractivity contribution in [1.29, 1.82) is 0 Å². The lowest BCUT2D eigenvalue weighted by Crippen LogP contribution is -2.44. The molecule has 1 saturated heterocycles. The Morgan fingerprint density at radius 3 is 2.54 bits per heavy atom. The quantitative estimate of drug-likeness (QED) is 0.843. The van der Waals surface area contributed by atoms with Crippen LogP contribution in [-0.4, -0.2) is 59.9 Å². The Balaban J connectivity index is 1.62. The summed E-state index contributed by atoms with van der Waals surface area (Å²) >= 11 is 0. The van der Waals surface area contributed by atoms with Gasteiger partial charge in [0.2, 0.25) is 5.95 Å². The molecule has 0 radical (unpaired) electrons. The number of likely N-dealkylation sites (N-methyl/N-ethyl adjacent to an activating group) is 1. The van der Waals surface area contributed by atoms with Gasteiger partial charge < -0.3 is 20.4 Å². The second kappa shape index (κ2) is 7.92. The third-order valence-corrected chi connectivity index (χ3v) is 4.11. The fourth-order valence-corrected chi connectivity index (χ4v) is 2.64. The van der Waals surface area contributed by atoms with E-state index in [4.69, 9.17) is 0 Å². The molecule has 2 heterocycles. The van der Waals surface area contributed by atoms with Crippen LogP contribution in [0.25, 0.3) is 0 Å². The van der Waals surface area contributed by atoms with Gasteiger partial charge in [-0.15, -0.1) is 5.10 Å². The maximum absolute atomic E-state index is 4.41. The van der Waals surface area contributed by atoms with Crippen molar-refractivity contribution >= 4 is 23.1 Å². The van der Waals surface area contributed by atoms with Crippen LogP contribution in [0.1, 0.15) is 13.3 Å². The first-order valence-corrected chi connectivity index (χ1v) is 8.49. The zero-order valence-corrected chi connectivity index (χ0v) is 14.4. The van der Waals surface area contributed by atoms with Gasteiger partial charge in [0.25, 0.3) is 0 Å². The van der Waals surface area contributed by atoms with Gasteiger partial charge in [0.1, 0.15) is 0 Å². The molecule has 24 heavy (non-hydrogen) atoms. The van der Waals surface area contributed by atoms with E-state index in [1.165, 1.54) is 5.69 Å². The molecule has 2 N–H and O–H groups in total. The van der Waals surface area contributed by atoms with Crippen molar-refractivity contribution in [2.75, 3.05) is 55.3 Å². The highest BCUT2D eigenvalue weighted by molar-refractivity contribution is 5.59. The molecule has 1 aliphatic rings. The number of hydrogen-bond acceptors (Lipinski definition) is 7. The normalized spacial score (nSPS) is 15.3. The minimum absolute atomic E-state index is 0.503. The molecular weight excluding hydrogens is 302 g/mol. The molecule has 0 spiro atoms. The molecule has 7 nitrogen and oxygen atoms in total. The fourth-order valence-electron chi connectivity index (χ4n) is 2.64. The second-order valence-electron chi connectivity index (χ2n) is 6.05. The van der Waals surface area contributed by atoms with E-state index < -0.39 is 0 Å². The third kappa shape index (κ3) is 4.32. The Bertz CT molecular complexity index is 636. The van der Waals surface area contributed by atoms with E-state index in [0.29, 0.717) is 5.95 Å². The van der Waals surface area contributed by atoms with Gasteiger partial charge in [-0.1, -0.05) is 6.92 Å². The highest BCUT2D eigenvalue weighted by Gasteiger charge is 2.14. The van der Waals surface area contributed by atoms with Gasteiger partial charge >= 0.3 is 0 Å². The number of nitrogens with zero attached hydrogens (tertiary/aromatic N) is 5. The number of rotatable bonds is 6. The number of nitrogens with one attached hydrogen (secondary N) is 2. The number of piperazine rings is 1. The van der Waals surface area contributed by atoms with Crippen LogP contribution in [0.15, 0.2) is 30.5 Å².